The van der Waals surface area contributed by atoms with Crippen molar-refractivity contribution in [2.75, 3.05) is 14.2 Å². The summed E-state index contributed by atoms with van der Waals surface area (Å²) < 4.78 is 33.8. The van der Waals surface area contributed by atoms with Gasteiger partial charge in [-0.2, -0.15) is 8.78 Å². The van der Waals surface area contributed by atoms with Crippen molar-refractivity contribution in [2.45, 2.75) is 12.8 Å². The zero-order chi connectivity index (χ0) is 12.0. The topological polar surface area (TPSA) is 18.5 Å². The van der Waals surface area contributed by atoms with Crippen molar-refractivity contribution in [2.24, 2.45) is 0 Å². The summed E-state index contributed by atoms with van der Waals surface area (Å²) in [5.41, 5.74) is 0.940. The quantitative estimate of drug-likeness (QED) is 0.768. The smallest absolute Gasteiger partial charge is 0.266 e. The molecule has 0 aromatic heterocycles. The summed E-state index contributed by atoms with van der Waals surface area (Å²) in [5, 5.41) is 0. The lowest BCUT2D eigenvalue weighted by Crippen LogP contribution is -1.92. The lowest BCUT2D eigenvalue weighted by molar-refractivity contribution is 0.354. The van der Waals surface area contributed by atoms with Crippen molar-refractivity contribution >= 4 is 0 Å². The van der Waals surface area contributed by atoms with Crippen molar-refractivity contribution in [3.63, 3.8) is 0 Å². The molecule has 0 aliphatic rings. The highest BCUT2D eigenvalue weighted by molar-refractivity contribution is 5.42. The van der Waals surface area contributed by atoms with E-state index in [1.807, 2.05) is 6.07 Å². The number of hydrogen-bond donors (Lipinski definition) is 0. The number of methoxy groups -OCH3 is 2. The summed E-state index contributed by atoms with van der Waals surface area (Å²) in [6.07, 6.45) is 0.145. The highest BCUT2D eigenvalue weighted by atomic mass is 19.3. The fraction of sp³-hybridized carbons (Fsp3) is 0.333. The Hall–Kier alpha value is -1.58. The van der Waals surface area contributed by atoms with E-state index in [2.05, 4.69) is 0 Å². The van der Waals surface area contributed by atoms with Crippen LogP contribution in [0.1, 0.15) is 12.0 Å². The molecule has 0 fully saturated rings. The molecule has 0 unspecified atom stereocenters. The molecule has 1 rings (SSSR count). The summed E-state index contributed by atoms with van der Waals surface area (Å²) in [6.45, 7) is 0. The zero-order valence-corrected chi connectivity index (χ0v) is 9.30. The molecule has 0 saturated heterocycles. The summed E-state index contributed by atoms with van der Waals surface area (Å²) in [6, 6.07) is 5.40. The molecular weight excluding hydrogens is 214 g/mol. The van der Waals surface area contributed by atoms with E-state index in [4.69, 9.17) is 9.47 Å². The van der Waals surface area contributed by atoms with Crippen molar-refractivity contribution in [1.82, 2.24) is 0 Å². The van der Waals surface area contributed by atoms with Gasteiger partial charge in [-0.05, 0) is 36.6 Å². The van der Waals surface area contributed by atoms with E-state index in [1.165, 1.54) is 0 Å². The standard InChI is InChI=1S/C12H14F2O2/c1-15-10-7-6-9(8-11(10)16-2)4-3-5-12(13)14/h5-8H,3-4H2,1-2H3. The van der Waals surface area contributed by atoms with Crippen LogP contribution in [0.5, 0.6) is 11.5 Å². The second-order valence-electron chi connectivity index (χ2n) is 3.22. The Morgan fingerprint density at radius 3 is 2.44 bits per heavy atom. The second kappa shape index (κ2) is 6.10. The first kappa shape index (κ1) is 12.5. The molecule has 0 saturated carbocycles. The number of allylic oxidation sites excluding steroid dienone is 1. The van der Waals surface area contributed by atoms with Crippen LogP contribution in [-0.4, -0.2) is 14.2 Å². The van der Waals surface area contributed by atoms with Crippen LogP contribution >= 0.6 is 0 Å². The van der Waals surface area contributed by atoms with Crippen molar-refractivity contribution < 1.29 is 18.3 Å². The molecule has 4 heteroatoms. The van der Waals surface area contributed by atoms with Crippen LogP contribution in [-0.2, 0) is 6.42 Å². The van der Waals surface area contributed by atoms with E-state index < -0.39 is 6.08 Å². The van der Waals surface area contributed by atoms with Gasteiger partial charge in [-0.15, -0.1) is 0 Å². The SMILES string of the molecule is COc1ccc(CCC=C(F)F)cc1OC. The van der Waals surface area contributed by atoms with E-state index in [-0.39, 0.29) is 0 Å². The largest absolute Gasteiger partial charge is 0.493 e. The third-order valence-corrected chi connectivity index (χ3v) is 2.18. The van der Waals surface area contributed by atoms with Crippen LogP contribution in [0.2, 0.25) is 0 Å². The maximum Gasteiger partial charge on any atom is 0.266 e. The predicted octanol–water partition coefficient (Wildman–Crippen LogP) is 3.42. The molecule has 0 aliphatic carbocycles. The molecule has 2 nitrogen and oxygen atoms in total. The second-order valence-corrected chi connectivity index (χ2v) is 3.22. The number of aryl methyl sites for hydroxylation is 1. The van der Waals surface area contributed by atoms with Gasteiger partial charge in [0.25, 0.3) is 6.08 Å². The normalized spacial score (nSPS) is 9.75. The molecular formula is C12H14F2O2. The van der Waals surface area contributed by atoms with E-state index in [0.29, 0.717) is 24.3 Å². The van der Waals surface area contributed by atoms with Gasteiger partial charge in [0.1, 0.15) is 0 Å². The van der Waals surface area contributed by atoms with Gasteiger partial charge in [-0.25, -0.2) is 0 Å². The molecule has 1 aromatic rings. The number of rotatable bonds is 5. The molecule has 0 radical (unpaired) electrons. The van der Waals surface area contributed by atoms with Gasteiger partial charge < -0.3 is 9.47 Å². The van der Waals surface area contributed by atoms with Gasteiger partial charge in [-0.3, -0.25) is 0 Å². The molecule has 0 N–H and O–H groups in total. The van der Waals surface area contributed by atoms with Crippen LogP contribution in [0.3, 0.4) is 0 Å². The Morgan fingerprint density at radius 2 is 1.88 bits per heavy atom. The van der Waals surface area contributed by atoms with Gasteiger partial charge >= 0.3 is 0 Å². The average Bonchev–Trinajstić information content (AvgIpc) is 2.28. The maximum atomic E-state index is 11.8. The number of benzene rings is 1. The van der Waals surface area contributed by atoms with Gasteiger partial charge in [0.2, 0.25) is 0 Å². The third-order valence-electron chi connectivity index (χ3n) is 2.18. The highest BCUT2D eigenvalue weighted by Gasteiger charge is 2.03. The summed E-state index contributed by atoms with van der Waals surface area (Å²) in [5.74, 6) is 1.25. The Morgan fingerprint density at radius 1 is 1.19 bits per heavy atom. The molecule has 0 amide bonds. The summed E-state index contributed by atoms with van der Waals surface area (Å²) >= 11 is 0. The third kappa shape index (κ3) is 3.53. The van der Waals surface area contributed by atoms with Crippen LogP contribution in [0.15, 0.2) is 30.4 Å². The number of halogens is 2. The first-order valence-corrected chi connectivity index (χ1v) is 4.89. The lowest BCUT2D eigenvalue weighted by Gasteiger charge is -2.08. The molecule has 0 heterocycles. The van der Waals surface area contributed by atoms with Crippen molar-refractivity contribution in [3.05, 3.63) is 35.9 Å². The lowest BCUT2D eigenvalue weighted by atomic mass is 10.1. The summed E-state index contributed by atoms with van der Waals surface area (Å²) in [7, 11) is 3.10. The Labute approximate surface area is 93.5 Å². The monoisotopic (exact) mass is 228 g/mol. The molecule has 0 bridgehead atoms. The van der Waals surface area contributed by atoms with Crippen molar-refractivity contribution in [1.29, 1.82) is 0 Å². The van der Waals surface area contributed by atoms with Crippen LogP contribution < -0.4 is 9.47 Å². The predicted molar refractivity (Wildman–Crippen MR) is 58.2 cm³/mol. The average molecular weight is 228 g/mol. The Kier molecular flexibility index (Phi) is 4.76. The molecule has 16 heavy (non-hydrogen) atoms. The van der Waals surface area contributed by atoms with Crippen LogP contribution in [0.25, 0.3) is 0 Å². The number of ether oxygens (including phenoxy) is 2. The first-order chi connectivity index (χ1) is 7.67. The Balaban J connectivity index is 2.71. The molecule has 0 atom stereocenters. The minimum Gasteiger partial charge on any atom is -0.493 e. The minimum atomic E-state index is -1.64. The fourth-order valence-electron chi connectivity index (χ4n) is 1.38. The Bertz CT molecular complexity index is 371. The number of hydrogen-bond acceptors (Lipinski definition) is 2. The van der Waals surface area contributed by atoms with E-state index in [0.717, 1.165) is 11.6 Å². The van der Waals surface area contributed by atoms with E-state index >= 15 is 0 Å². The van der Waals surface area contributed by atoms with E-state index in [9.17, 15) is 8.78 Å². The van der Waals surface area contributed by atoms with Crippen molar-refractivity contribution in [3.8, 4) is 11.5 Å². The maximum absolute atomic E-state index is 11.8. The van der Waals surface area contributed by atoms with Crippen LogP contribution in [0.4, 0.5) is 8.78 Å². The zero-order valence-electron chi connectivity index (χ0n) is 9.30. The van der Waals surface area contributed by atoms with Gasteiger partial charge in [0.15, 0.2) is 11.5 Å². The molecule has 0 aliphatic heterocycles. The van der Waals surface area contributed by atoms with E-state index in [1.54, 1.807) is 26.4 Å². The van der Waals surface area contributed by atoms with Crippen LogP contribution in [0, 0.1) is 0 Å². The highest BCUT2D eigenvalue weighted by Crippen LogP contribution is 2.28. The van der Waals surface area contributed by atoms with Gasteiger partial charge in [0, 0.05) is 0 Å². The molecule has 1 aromatic carbocycles. The minimum absolute atomic E-state index is 0.317. The van der Waals surface area contributed by atoms with Gasteiger partial charge in [-0.1, -0.05) is 6.07 Å². The first-order valence-electron chi connectivity index (χ1n) is 4.89. The summed E-state index contributed by atoms with van der Waals surface area (Å²) in [4.78, 5) is 0. The fourth-order valence-corrected chi connectivity index (χ4v) is 1.38. The van der Waals surface area contributed by atoms with Gasteiger partial charge in [0.05, 0.1) is 14.2 Å². The molecule has 88 valence electrons. The molecule has 0 spiro atoms.